The largest absolute Gasteiger partial charge is 0.508 e. The summed E-state index contributed by atoms with van der Waals surface area (Å²) in [6.45, 7) is 10.4. The Balaban J connectivity index is 3.12. The molecule has 26 heavy (non-hydrogen) atoms. The monoisotopic (exact) mass is 364 g/mol. The number of Topliss-reactive ketones (excluding diaryl/α,β-unsaturated/α-hetero) is 1. The Morgan fingerprint density at radius 3 is 2.19 bits per heavy atom. The lowest BCUT2D eigenvalue weighted by Gasteiger charge is -2.24. The number of ketones is 1. The summed E-state index contributed by atoms with van der Waals surface area (Å²) in [5.74, 6) is -1.00. The normalized spacial score (nSPS) is 13.0. The van der Waals surface area contributed by atoms with Crippen LogP contribution in [0.4, 0.5) is 4.79 Å². The molecule has 0 bridgehead atoms. The van der Waals surface area contributed by atoms with E-state index in [1.165, 1.54) is 12.1 Å². The Kier molecular flexibility index (Phi) is 6.41. The first-order valence-corrected chi connectivity index (χ1v) is 8.36. The van der Waals surface area contributed by atoms with Gasteiger partial charge in [0, 0.05) is 17.4 Å². The predicted octanol–water partition coefficient (Wildman–Crippen LogP) is 2.54. The summed E-state index contributed by atoms with van der Waals surface area (Å²) >= 11 is 0. The molecule has 0 heterocycles. The number of phenols is 1. The summed E-state index contributed by atoms with van der Waals surface area (Å²) in [5.41, 5.74) is 4.78. The van der Waals surface area contributed by atoms with E-state index in [0.29, 0.717) is 5.56 Å². The second-order valence-electron chi connectivity index (χ2n) is 8.23. The van der Waals surface area contributed by atoms with E-state index in [1.807, 2.05) is 0 Å². The van der Waals surface area contributed by atoms with Crippen LogP contribution in [0.1, 0.15) is 57.5 Å². The van der Waals surface area contributed by atoms with Gasteiger partial charge in [-0.15, -0.1) is 0 Å². The van der Waals surface area contributed by atoms with Crippen LogP contribution < -0.4 is 11.1 Å². The number of amides is 2. The SMILES string of the molecule is CC(C)(C)OC(=O)N[C@@H](Cc1ccc(O)cc1C(=O)C(C)(C)C)C(N)=O. The summed E-state index contributed by atoms with van der Waals surface area (Å²) in [6, 6.07) is 3.26. The molecule has 1 rings (SSSR count). The van der Waals surface area contributed by atoms with Gasteiger partial charge in [0.25, 0.3) is 0 Å². The van der Waals surface area contributed by atoms with E-state index in [-0.39, 0.29) is 23.5 Å². The number of alkyl carbamates (subject to hydrolysis) is 1. The molecule has 2 amide bonds. The van der Waals surface area contributed by atoms with Crippen LogP contribution >= 0.6 is 0 Å². The van der Waals surface area contributed by atoms with Gasteiger partial charge in [0.05, 0.1) is 0 Å². The van der Waals surface area contributed by atoms with Crippen molar-refractivity contribution in [1.29, 1.82) is 0 Å². The maximum absolute atomic E-state index is 12.7. The number of nitrogens with two attached hydrogens (primary N) is 1. The zero-order chi connectivity index (χ0) is 20.3. The van der Waals surface area contributed by atoms with Gasteiger partial charge in [-0.25, -0.2) is 4.79 Å². The van der Waals surface area contributed by atoms with E-state index in [2.05, 4.69) is 5.32 Å². The van der Waals surface area contributed by atoms with Gasteiger partial charge in [0.1, 0.15) is 17.4 Å². The Labute approximate surface area is 153 Å². The fourth-order valence-corrected chi connectivity index (χ4v) is 2.25. The number of hydrogen-bond acceptors (Lipinski definition) is 5. The maximum Gasteiger partial charge on any atom is 0.408 e. The summed E-state index contributed by atoms with van der Waals surface area (Å²) < 4.78 is 5.14. The Hall–Kier alpha value is -2.57. The minimum absolute atomic E-state index is 0.00596. The highest BCUT2D eigenvalue weighted by Gasteiger charge is 2.28. The maximum atomic E-state index is 12.7. The van der Waals surface area contributed by atoms with Gasteiger partial charge in [-0.3, -0.25) is 9.59 Å². The van der Waals surface area contributed by atoms with Crippen LogP contribution in [-0.2, 0) is 16.0 Å². The quantitative estimate of drug-likeness (QED) is 0.694. The van der Waals surface area contributed by atoms with Crippen LogP contribution in [0.15, 0.2) is 18.2 Å². The number of rotatable bonds is 5. The Morgan fingerprint density at radius 2 is 1.73 bits per heavy atom. The standard InChI is InChI=1S/C19H28N2O5/c1-18(2,3)15(23)13-10-12(22)8-7-11(13)9-14(16(20)24)21-17(25)26-19(4,5)6/h7-8,10,14,22H,9H2,1-6H3,(H2,20,24)(H,21,25)/t14-/m0/s1. The second kappa shape index (κ2) is 7.76. The molecule has 7 heteroatoms. The van der Waals surface area contributed by atoms with Crippen LogP contribution in [0, 0.1) is 5.41 Å². The Morgan fingerprint density at radius 1 is 1.15 bits per heavy atom. The highest BCUT2D eigenvalue weighted by atomic mass is 16.6. The van der Waals surface area contributed by atoms with Crippen molar-refractivity contribution in [3.63, 3.8) is 0 Å². The van der Waals surface area contributed by atoms with Crippen molar-refractivity contribution in [2.75, 3.05) is 0 Å². The number of benzene rings is 1. The molecule has 4 N–H and O–H groups in total. The minimum Gasteiger partial charge on any atom is -0.508 e. The second-order valence-corrected chi connectivity index (χ2v) is 8.23. The highest BCUT2D eigenvalue weighted by Crippen LogP contribution is 2.27. The topological polar surface area (TPSA) is 119 Å². The lowest BCUT2D eigenvalue weighted by molar-refractivity contribution is -0.120. The fraction of sp³-hybridized carbons (Fsp3) is 0.526. The number of carbonyl (C=O) groups is 3. The van der Waals surface area contributed by atoms with Crippen LogP contribution in [-0.4, -0.2) is 34.5 Å². The van der Waals surface area contributed by atoms with Crippen molar-refractivity contribution in [1.82, 2.24) is 5.32 Å². The molecule has 0 fully saturated rings. The molecule has 0 saturated carbocycles. The summed E-state index contributed by atoms with van der Waals surface area (Å²) in [5, 5.41) is 12.2. The van der Waals surface area contributed by atoms with Gasteiger partial charge in [-0.1, -0.05) is 26.8 Å². The zero-order valence-electron chi connectivity index (χ0n) is 16.2. The van der Waals surface area contributed by atoms with Crippen LogP contribution in [0.25, 0.3) is 0 Å². The molecular formula is C19H28N2O5. The molecule has 0 aromatic heterocycles. The van der Waals surface area contributed by atoms with E-state index in [1.54, 1.807) is 47.6 Å². The average Bonchev–Trinajstić information content (AvgIpc) is 2.44. The number of ether oxygens (including phenoxy) is 1. The first kappa shape index (κ1) is 21.5. The number of hydrogen-bond donors (Lipinski definition) is 3. The summed E-state index contributed by atoms with van der Waals surface area (Å²) in [7, 11) is 0. The predicted molar refractivity (Wildman–Crippen MR) is 97.9 cm³/mol. The molecule has 0 aliphatic heterocycles. The minimum atomic E-state index is -1.05. The van der Waals surface area contributed by atoms with Crippen molar-refractivity contribution < 1.29 is 24.2 Å². The lowest BCUT2D eigenvalue weighted by Crippen LogP contribution is -2.47. The van der Waals surface area contributed by atoms with Crippen LogP contribution in [0.5, 0.6) is 5.75 Å². The van der Waals surface area contributed by atoms with Gasteiger partial charge in [-0.05, 0) is 38.5 Å². The number of nitrogens with one attached hydrogen (secondary N) is 1. The first-order chi connectivity index (χ1) is 11.7. The van der Waals surface area contributed by atoms with Crippen molar-refractivity contribution in [2.24, 2.45) is 11.1 Å². The molecule has 1 atom stereocenters. The van der Waals surface area contributed by atoms with Gasteiger partial charge in [0.15, 0.2) is 5.78 Å². The van der Waals surface area contributed by atoms with E-state index in [4.69, 9.17) is 10.5 Å². The first-order valence-electron chi connectivity index (χ1n) is 8.36. The van der Waals surface area contributed by atoms with Gasteiger partial charge in [-0.2, -0.15) is 0 Å². The Bertz CT molecular complexity index is 699. The van der Waals surface area contributed by atoms with Crippen molar-refractivity contribution in [3.05, 3.63) is 29.3 Å². The molecule has 7 nitrogen and oxygen atoms in total. The average molecular weight is 364 g/mol. The molecule has 1 aromatic rings. The smallest absolute Gasteiger partial charge is 0.408 e. The van der Waals surface area contributed by atoms with E-state index in [9.17, 15) is 19.5 Å². The van der Waals surface area contributed by atoms with Crippen molar-refractivity contribution in [2.45, 2.75) is 59.6 Å². The molecule has 0 aliphatic rings. The van der Waals surface area contributed by atoms with Crippen LogP contribution in [0.3, 0.4) is 0 Å². The third kappa shape index (κ3) is 6.38. The van der Waals surface area contributed by atoms with Crippen molar-refractivity contribution in [3.8, 4) is 5.75 Å². The number of carbonyl (C=O) groups excluding carboxylic acids is 3. The van der Waals surface area contributed by atoms with Gasteiger partial charge >= 0.3 is 6.09 Å². The summed E-state index contributed by atoms with van der Waals surface area (Å²) in [4.78, 5) is 36.4. The third-order valence-corrected chi connectivity index (χ3v) is 3.48. The summed E-state index contributed by atoms with van der Waals surface area (Å²) in [6.07, 6.45) is -0.768. The zero-order valence-corrected chi connectivity index (χ0v) is 16.2. The molecule has 0 spiro atoms. The molecule has 144 valence electrons. The molecule has 0 saturated heterocycles. The number of primary amides is 1. The van der Waals surface area contributed by atoms with E-state index < -0.39 is 29.1 Å². The van der Waals surface area contributed by atoms with E-state index in [0.717, 1.165) is 0 Å². The van der Waals surface area contributed by atoms with Gasteiger partial charge in [0.2, 0.25) is 5.91 Å². The third-order valence-electron chi connectivity index (χ3n) is 3.48. The molecular weight excluding hydrogens is 336 g/mol. The van der Waals surface area contributed by atoms with E-state index >= 15 is 0 Å². The molecule has 0 aliphatic carbocycles. The van der Waals surface area contributed by atoms with Gasteiger partial charge < -0.3 is 20.9 Å². The fourth-order valence-electron chi connectivity index (χ4n) is 2.25. The highest BCUT2D eigenvalue weighted by molar-refractivity contribution is 6.01. The van der Waals surface area contributed by atoms with Crippen LogP contribution in [0.2, 0.25) is 0 Å². The number of phenolic OH excluding ortho intramolecular Hbond substituents is 1. The van der Waals surface area contributed by atoms with Crippen molar-refractivity contribution >= 4 is 17.8 Å². The lowest BCUT2D eigenvalue weighted by atomic mass is 9.83. The molecule has 1 aromatic carbocycles. The molecule has 0 unspecified atom stereocenters. The number of aromatic hydroxyl groups is 1. The molecule has 0 radical (unpaired) electrons.